The van der Waals surface area contributed by atoms with E-state index in [4.69, 9.17) is 5.11 Å². The van der Waals surface area contributed by atoms with E-state index in [2.05, 4.69) is 18.8 Å². The summed E-state index contributed by atoms with van der Waals surface area (Å²) in [7, 11) is 0. The molecule has 0 aliphatic carbocycles. The molecule has 2 heterocycles. The number of piperidine rings is 1. The van der Waals surface area contributed by atoms with E-state index in [0.29, 0.717) is 30.0 Å². The molecule has 1 saturated heterocycles. The molecule has 0 unspecified atom stereocenters. The number of rotatable bonds is 4. The Kier molecular flexibility index (Phi) is 8.17. The molecular weight excluding hydrogens is 433 g/mol. The van der Waals surface area contributed by atoms with Gasteiger partial charge in [0.15, 0.2) is 17.5 Å². The fourth-order valence-corrected chi connectivity index (χ4v) is 3.63. The zero-order valence-corrected chi connectivity index (χ0v) is 20.1. The molecule has 0 bridgehead atoms. The van der Waals surface area contributed by atoms with Gasteiger partial charge in [0.25, 0.3) is 0 Å². The number of carboxylic acids is 1. The van der Waals surface area contributed by atoms with Crippen LogP contribution in [0.5, 0.6) is 0 Å². The number of benzene rings is 1. The van der Waals surface area contributed by atoms with Crippen LogP contribution in [0.2, 0.25) is 0 Å². The van der Waals surface area contributed by atoms with Crippen molar-refractivity contribution in [1.29, 1.82) is 0 Å². The van der Waals surface area contributed by atoms with Gasteiger partial charge >= 0.3 is 5.97 Å². The molecule has 1 aromatic carbocycles. The number of carboxylic acid groups (broad SMARTS) is 1. The zero-order chi connectivity index (χ0) is 25.1. The second-order valence-electron chi connectivity index (χ2n) is 10.2. The molecule has 33 heavy (non-hydrogen) atoms. The van der Waals surface area contributed by atoms with Gasteiger partial charge in [-0.1, -0.05) is 13.8 Å². The predicted octanol–water partition coefficient (Wildman–Crippen LogP) is 5.51. The number of aliphatic hydroxyl groups is 1. The van der Waals surface area contributed by atoms with Crippen LogP contribution < -0.4 is 4.90 Å². The van der Waals surface area contributed by atoms with Crippen molar-refractivity contribution in [3.8, 4) is 11.1 Å². The monoisotopic (exact) mass is 466 g/mol. The van der Waals surface area contributed by atoms with Crippen LogP contribution in [0.25, 0.3) is 11.1 Å². The average molecular weight is 467 g/mol. The number of hydrogen-bond acceptors (Lipinski definition) is 4. The van der Waals surface area contributed by atoms with Gasteiger partial charge < -0.3 is 15.1 Å². The molecule has 0 atom stereocenters. The molecule has 0 spiro atoms. The number of halogens is 3. The third kappa shape index (κ3) is 7.19. The summed E-state index contributed by atoms with van der Waals surface area (Å²) in [6, 6.07) is 2.04. The Hall–Kier alpha value is -2.61. The first-order valence-corrected chi connectivity index (χ1v) is 10.9. The smallest absolute Gasteiger partial charge is 0.307 e. The first-order valence-electron chi connectivity index (χ1n) is 10.9. The summed E-state index contributed by atoms with van der Waals surface area (Å²) < 4.78 is 41.8. The Bertz CT molecular complexity index is 1000. The fraction of sp³-hybridized carbons (Fsp3) is 0.520. The highest BCUT2D eigenvalue weighted by molar-refractivity contribution is 5.84. The van der Waals surface area contributed by atoms with Crippen molar-refractivity contribution in [2.45, 2.75) is 66.4 Å². The summed E-state index contributed by atoms with van der Waals surface area (Å²) in [6.07, 6.45) is 2.87. The molecule has 1 aliphatic heterocycles. The third-order valence-electron chi connectivity index (χ3n) is 5.45. The number of anilines is 1. The van der Waals surface area contributed by atoms with E-state index in [0.717, 1.165) is 18.9 Å². The Morgan fingerprint density at radius 2 is 1.64 bits per heavy atom. The lowest BCUT2D eigenvalue weighted by Gasteiger charge is -2.40. The van der Waals surface area contributed by atoms with Gasteiger partial charge in [-0.15, -0.1) is 0 Å². The van der Waals surface area contributed by atoms with Gasteiger partial charge in [-0.3, -0.25) is 9.78 Å². The molecule has 1 aromatic heterocycles. The maximum absolute atomic E-state index is 14.5. The number of nitrogens with zero attached hydrogens (tertiary/aromatic N) is 2. The largest absolute Gasteiger partial charge is 0.481 e. The molecule has 0 saturated carbocycles. The minimum atomic E-state index is -1.55. The molecule has 2 aromatic rings. The standard InChI is InChI=1S/C21H23F3N2O2.C4H10O/c1-12-14(10-17(27)28)20(26-8-6-21(2,3)7-9-26)15(11-25-12)13-4-5-16(22)19(24)18(13)23;1-4(2,3)5/h4-5,11H,6-10H2,1-3H3,(H,27,28);5H,1-3H3. The molecule has 0 amide bonds. The van der Waals surface area contributed by atoms with Crippen LogP contribution >= 0.6 is 0 Å². The van der Waals surface area contributed by atoms with E-state index in [1.54, 1.807) is 27.7 Å². The zero-order valence-electron chi connectivity index (χ0n) is 20.1. The SMILES string of the molecule is CC(C)(C)O.Cc1ncc(-c2ccc(F)c(F)c2F)c(N2CCC(C)(C)CC2)c1CC(=O)O. The topological polar surface area (TPSA) is 73.7 Å². The normalized spacial score (nSPS) is 15.6. The highest BCUT2D eigenvalue weighted by Gasteiger charge is 2.30. The lowest BCUT2D eigenvalue weighted by Crippen LogP contribution is -2.38. The minimum absolute atomic E-state index is 0.127. The van der Waals surface area contributed by atoms with Crippen molar-refractivity contribution >= 4 is 11.7 Å². The van der Waals surface area contributed by atoms with Gasteiger partial charge in [0.2, 0.25) is 0 Å². The van der Waals surface area contributed by atoms with E-state index in [1.807, 2.05) is 4.90 Å². The minimum Gasteiger partial charge on any atom is -0.481 e. The molecule has 2 N–H and O–H groups in total. The Balaban J connectivity index is 0.000000696. The van der Waals surface area contributed by atoms with Gasteiger partial charge in [0.1, 0.15) is 0 Å². The second kappa shape index (κ2) is 10.1. The molecule has 1 aliphatic rings. The summed E-state index contributed by atoms with van der Waals surface area (Å²) in [4.78, 5) is 17.7. The predicted molar refractivity (Wildman–Crippen MR) is 123 cm³/mol. The Morgan fingerprint density at radius 3 is 2.15 bits per heavy atom. The van der Waals surface area contributed by atoms with E-state index < -0.39 is 29.0 Å². The Morgan fingerprint density at radius 1 is 1.09 bits per heavy atom. The van der Waals surface area contributed by atoms with Crippen LogP contribution in [0.15, 0.2) is 18.3 Å². The van der Waals surface area contributed by atoms with E-state index in [-0.39, 0.29) is 23.0 Å². The summed E-state index contributed by atoms with van der Waals surface area (Å²) >= 11 is 0. The van der Waals surface area contributed by atoms with Crippen molar-refractivity contribution in [3.63, 3.8) is 0 Å². The van der Waals surface area contributed by atoms with Crippen LogP contribution in [-0.2, 0) is 11.2 Å². The maximum atomic E-state index is 14.5. The van der Waals surface area contributed by atoms with Gasteiger partial charge in [0, 0.05) is 41.7 Å². The van der Waals surface area contributed by atoms with Crippen LogP contribution in [0.1, 0.15) is 58.7 Å². The van der Waals surface area contributed by atoms with Crippen molar-refractivity contribution in [2.24, 2.45) is 5.41 Å². The quantitative estimate of drug-likeness (QED) is 0.582. The molecule has 3 rings (SSSR count). The first-order chi connectivity index (χ1) is 15.1. The lowest BCUT2D eigenvalue weighted by molar-refractivity contribution is -0.136. The second-order valence-corrected chi connectivity index (χ2v) is 10.2. The summed E-state index contributed by atoms with van der Waals surface area (Å²) in [5.74, 6) is -5.16. The van der Waals surface area contributed by atoms with Crippen molar-refractivity contribution in [2.75, 3.05) is 18.0 Å². The summed E-state index contributed by atoms with van der Waals surface area (Å²) in [6.45, 7) is 12.6. The summed E-state index contributed by atoms with van der Waals surface area (Å²) in [5.41, 5.74) is 1.33. The van der Waals surface area contributed by atoms with E-state index >= 15 is 0 Å². The van der Waals surface area contributed by atoms with Gasteiger partial charge in [0.05, 0.1) is 17.7 Å². The highest BCUT2D eigenvalue weighted by Crippen LogP contribution is 2.41. The lowest BCUT2D eigenvalue weighted by atomic mass is 9.82. The Labute approximate surface area is 193 Å². The maximum Gasteiger partial charge on any atom is 0.307 e. The molecule has 8 heteroatoms. The number of pyridine rings is 1. The van der Waals surface area contributed by atoms with Crippen LogP contribution in [-0.4, -0.2) is 39.9 Å². The van der Waals surface area contributed by atoms with Gasteiger partial charge in [-0.05, 0) is 58.1 Å². The number of aliphatic carboxylic acids is 1. The first kappa shape index (κ1) is 26.6. The molecule has 182 valence electrons. The fourth-order valence-electron chi connectivity index (χ4n) is 3.63. The average Bonchev–Trinajstić information content (AvgIpc) is 2.67. The van der Waals surface area contributed by atoms with Gasteiger partial charge in [-0.2, -0.15) is 0 Å². The van der Waals surface area contributed by atoms with Crippen LogP contribution in [0.3, 0.4) is 0 Å². The number of aryl methyl sites for hydroxylation is 1. The molecular formula is C25H33F3N2O3. The molecule has 0 radical (unpaired) electrons. The summed E-state index contributed by atoms with van der Waals surface area (Å²) in [5, 5.41) is 17.9. The van der Waals surface area contributed by atoms with Crippen molar-refractivity contribution in [3.05, 3.63) is 47.0 Å². The number of hydrogen-bond donors (Lipinski definition) is 2. The van der Waals surface area contributed by atoms with Gasteiger partial charge in [-0.25, -0.2) is 13.2 Å². The number of aromatic nitrogens is 1. The van der Waals surface area contributed by atoms with E-state index in [9.17, 15) is 23.1 Å². The van der Waals surface area contributed by atoms with Crippen LogP contribution in [0.4, 0.5) is 18.9 Å². The van der Waals surface area contributed by atoms with Crippen molar-refractivity contribution < 1.29 is 28.2 Å². The van der Waals surface area contributed by atoms with Crippen LogP contribution in [0, 0.1) is 29.8 Å². The molecule has 5 nitrogen and oxygen atoms in total. The number of carbonyl (C=O) groups is 1. The van der Waals surface area contributed by atoms with E-state index in [1.165, 1.54) is 12.3 Å². The van der Waals surface area contributed by atoms with Crippen molar-refractivity contribution in [1.82, 2.24) is 4.98 Å². The third-order valence-corrected chi connectivity index (χ3v) is 5.45. The molecule has 1 fully saturated rings. The highest BCUT2D eigenvalue weighted by atomic mass is 19.2.